The monoisotopic (exact) mass is 544 g/mol. The fourth-order valence-corrected chi connectivity index (χ4v) is 6.42. The van der Waals surface area contributed by atoms with Crippen LogP contribution in [0.3, 0.4) is 0 Å². The van der Waals surface area contributed by atoms with Crippen LogP contribution in [0.25, 0.3) is 5.57 Å². The number of hydrogen-bond donors (Lipinski definition) is 2. The number of likely N-dealkylation sites (N-methyl/N-ethyl adjacent to an activating group) is 2. The summed E-state index contributed by atoms with van der Waals surface area (Å²) in [5.74, 6) is 0.183. The van der Waals surface area contributed by atoms with Crippen molar-refractivity contribution in [2.24, 2.45) is 0 Å². The number of nitrogens with one attached hydrogen (secondary N) is 1. The van der Waals surface area contributed by atoms with Gasteiger partial charge in [-0.05, 0) is 66.5 Å². The van der Waals surface area contributed by atoms with Crippen LogP contribution in [0.1, 0.15) is 35.6 Å². The molecule has 3 aliphatic heterocycles. The quantitative estimate of drug-likeness (QED) is 0.445. The molecule has 2 aromatic carbocycles. The molecule has 0 saturated carbocycles. The first kappa shape index (κ1) is 25.8. The number of para-hydroxylation sites is 1. The molecule has 202 valence electrons. The van der Waals surface area contributed by atoms with Gasteiger partial charge in [-0.25, -0.2) is 4.98 Å². The molecule has 0 spiro atoms. The van der Waals surface area contributed by atoms with E-state index in [1.165, 1.54) is 22.3 Å². The van der Waals surface area contributed by atoms with E-state index in [2.05, 4.69) is 52.4 Å². The lowest BCUT2D eigenvalue weighted by Crippen LogP contribution is -2.31. The Kier molecular flexibility index (Phi) is 6.57. The summed E-state index contributed by atoms with van der Waals surface area (Å²) in [4.78, 5) is 27.7. The van der Waals surface area contributed by atoms with E-state index in [-0.39, 0.29) is 6.42 Å². The third-order valence-corrected chi connectivity index (χ3v) is 8.36. The second-order valence-corrected chi connectivity index (χ2v) is 11.7. The standard InChI is InChI=1S/C30H33ClN6O2/c1-30(14-27(38)39)18-37(26-7-5-4-6-24(26)30)28-25(31)15-32-29(34-28)33-21-12-20-17-36(3)11-9-22(20)23(13-21)19-8-10-35(2)16-19/h4-8,12-13,15H,9-11,14,16-18H2,1-3H3,(H,38,39)(H,32,33,34). The molecule has 0 amide bonds. The van der Waals surface area contributed by atoms with Crippen molar-refractivity contribution in [3.8, 4) is 0 Å². The minimum atomic E-state index is -0.831. The molecular weight excluding hydrogens is 512 g/mol. The number of aliphatic carboxylic acids is 1. The van der Waals surface area contributed by atoms with Gasteiger partial charge in [0, 0.05) is 49.5 Å². The molecule has 9 heteroatoms. The van der Waals surface area contributed by atoms with E-state index in [1.54, 1.807) is 6.20 Å². The molecule has 2 N–H and O–H groups in total. The summed E-state index contributed by atoms with van der Waals surface area (Å²) in [6.07, 6.45) is 5.00. The van der Waals surface area contributed by atoms with E-state index < -0.39 is 11.4 Å². The third kappa shape index (κ3) is 4.88. The Morgan fingerprint density at radius 3 is 2.77 bits per heavy atom. The van der Waals surface area contributed by atoms with Gasteiger partial charge >= 0.3 is 5.97 Å². The van der Waals surface area contributed by atoms with Crippen LogP contribution in [0.5, 0.6) is 0 Å². The van der Waals surface area contributed by atoms with Gasteiger partial charge in [-0.15, -0.1) is 0 Å². The van der Waals surface area contributed by atoms with Crippen LogP contribution in [0.4, 0.5) is 23.1 Å². The summed E-state index contributed by atoms with van der Waals surface area (Å²) in [6.45, 7) is 6.30. The van der Waals surface area contributed by atoms with E-state index >= 15 is 0 Å². The second kappa shape index (κ2) is 9.93. The fraction of sp³-hybridized carbons (Fsp3) is 0.367. The molecule has 0 bridgehead atoms. The topological polar surface area (TPSA) is 84.8 Å². The highest BCUT2D eigenvalue weighted by Gasteiger charge is 2.42. The summed E-state index contributed by atoms with van der Waals surface area (Å²) in [6, 6.07) is 12.3. The average Bonchev–Trinajstić information content (AvgIpc) is 3.45. The van der Waals surface area contributed by atoms with Gasteiger partial charge in [0.2, 0.25) is 5.95 Å². The predicted octanol–water partition coefficient (Wildman–Crippen LogP) is 5.07. The summed E-state index contributed by atoms with van der Waals surface area (Å²) < 4.78 is 0. The molecule has 0 radical (unpaired) electrons. The molecular formula is C30H33ClN6O2. The Hall–Kier alpha value is -3.46. The maximum atomic E-state index is 11.7. The lowest BCUT2D eigenvalue weighted by molar-refractivity contribution is -0.138. The Labute approximate surface area is 233 Å². The van der Waals surface area contributed by atoms with Crippen molar-refractivity contribution < 1.29 is 9.90 Å². The van der Waals surface area contributed by atoms with Gasteiger partial charge in [-0.1, -0.05) is 42.8 Å². The van der Waals surface area contributed by atoms with E-state index in [4.69, 9.17) is 16.6 Å². The number of halogens is 1. The van der Waals surface area contributed by atoms with Crippen LogP contribution in [-0.4, -0.2) is 71.1 Å². The Morgan fingerprint density at radius 2 is 2.00 bits per heavy atom. The van der Waals surface area contributed by atoms with Crippen LogP contribution in [-0.2, 0) is 23.2 Å². The van der Waals surface area contributed by atoms with Gasteiger partial charge in [0.1, 0.15) is 5.02 Å². The van der Waals surface area contributed by atoms with Gasteiger partial charge in [-0.3, -0.25) is 9.69 Å². The Morgan fingerprint density at radius 1 is 1.18 bits per heavy atom. The van der Waals surface area contributed by atoms with Crippen LogP contribution in [0.15, 0.2) is 48.7 Å². The number of carboxylic acids is 1. The number of carboxylic acid groups (broad SMARTS) is 1. The first-order chi connectivity index (χ1) is 18.7. The highest BCUT2D eigenvalue weighted by atomic mass is 35.5. The number of benzene rings is 2. The molecule has 4 heterocycles. The second-order valence-electron chi connectivity index (χ2n) is 11.3. The molecule has 8 nitrogen and oxygen atoms in total. The summed E-state index contributed by atoms with van der Waals surface area (Å²) in [5, 5.41) is 13.5. The van der Waals surface area contributed by atoms with Gasteiger partial charge in [-0.2, -0.15) is 4.98 Å². The van der Waals surface area contributed by atoms with E-state index in [9.17, 15) is 9.90 Å². The SMILES string of the molecule is CN1CC=C(c2cc(Nc3ncc(Cl)c(N4CC(C)(CC(=O)O)c5ccccc54)n3)cc3c2CCN(C)C3)C1. The van der Waals surface area contributed by atoms with Crippen LogP contribution >= 0.6 is 11.6 Å². The molecule has 39 heavy (non-hydrogen) atoms. The largest absolute Gasteiger partial charge is 0.481 e. The lowest BCUT2D eigenvalue weighted by atomic mass is 9.81. The first-order valence-electron chi connectivity index (χ1n) is 13.3. The summed E-state index contributed by atoms with van der Waals surface area (Å²) in [5.41, 5.74) is 7.71. The maximum absolute atomic E-state index is 11.7. The highest BCUT2D eigenvalue weighted by Crippen LogP contribution is 2.47. The third-order valence-electron chi connectivity index (χ3n) is 8.09. The maximum Gasteiger partial charge on any atom is 0.304 e. The van der Waals surface area contributed by atoms with Gasteiger partial charge < -0.3 is 20.2 Å². The van der Waals surface area contributed by atoms with Crippen molar-refractivity contribution in [3.63, 3.8) is 0 Å². The Balaban J connectivity index is 1.35. The summed E-state index contributed by atoms with van der Waals surface area (Å²) in [7, 11) is 4.30. The zero-order valence-electron chi connectivity index (χ0n) is 22.5. The van der Waals surface area contributed by atoms with Crippen molar-refractivity contribution in [2.75, 3.05) is 50.5 Å². The van der Waals surface area contributed by atoms with Gasteiger partial charge in [0.15, 0.2) is 5.82 Å². The molecule has 1 unspecified atom stereocenters. The molecule has 0 aliphatic carbocycles. The van der Waals surface area contributed by atoms with Crippen LogP contribution in [0, 0.1) is 0 Å². The molecule has 0 saturated heterocycles. The minimum Gasteiger partial charge on any atom is -0.481 e. The van der Waals surface area contributed by atoms with Crippen molar-refractivity contribution in [3.05, 3.63) is 75.9 Å². The Bertz CT molecular complexity index is 1490. The molecule has 3 aliphatic rings. The average molecular weight is 545 g/mol. The molecule has 3 aromatic rings. The minimum absolute atomic E-state index is 0.0196. The number of anilines is 4. The number of rotatable bonds is 6. The van der Waals surface area contributed by atoms with E-state index in [0.29, 0.717) is 23.3 Å². The number of fused-ring (bicyclic) bond motifs is 2. The molecule has 6 rings (SSSR count). The predicted molar refractivity (Wildman–Crippen MR) is 155 cm³/mol. The van der Waals surface area contributed by atoms with E-state index in [1.807, 2.05) is 36.1 Å². The fourth-order valence-electron chi connectivity index (χ4n) is 6.23. The normalized spacial score (nSPS) is 21.0. The van der Waals surface area contributed by atoms with Crippen molar-refractivity contribution >= 4 is 46.3 Å². The number of aromatic nitrogens is 2. The molecule has 0 fully saturated rings. The van der Waals surface area contributed by atoms with Crippen LogP contribution < -0.4 is 10.2 Å². The van der Waals surface area contributed by atoms with Crippen molar-refractivity contribution in [1.82, 2.24) is 19.8 Å². The first-order valence-corrected chi connectivity index (χ1v) is 13.7. The van der Waals surface area contributed by atoms with E-state index in [0.717, 1.165) is 49.5 Å². The number of carbonyl (C=O) groups is 1. The van der Waals surface area contributed by atoms with Crippen molar-refractivity contribution in [2.45, 2.75) is 31.7 Å². The van der Waals surface area contributed by atoms with Crippen molar-refractivity contribution in [1.29, 1.82) is 0 Å². The van der Waals surface area contributed by atoms with Gasteiger partial charge in [0.25, 0.3) is 0 Å². The smallest absolute Gasteiger partial charge is 0.304 e. The lowest BCUT2D eigenvalue weighted by Gasteiger charge is -2.28. The molecule has 1 atom stereocenters. The highest BCUT2D eigenvalue weighted by molar-refractivity contribution is 6.33. The summed E-state index contributed by atoms with van der Waals surface area (Å²) >= 11 is 6.65. The number of nitrogens with zero attached hydrogens (tertiary/aromatic N) is 5. The van der Waals surface area contributed by atoms with Gasteiger partial charge in [0.05, 0.1) is 12.6 Å². The van der Waals surface area contributed by atoms with Crippen LogP contribution in [0.2, 0.25) is 5.02 Å². The molecule has 1 aromatic heterocycles. The zero-order valence-corrected chi connectivity index (χ0v) is 23.3. The zero-order chi connectivity index (χ0) is 27.3. The number of hydrogen-bond acceptors (Lipinski definition) is 7.